The summed E-state index contributed by atoms with van der Waals surface area (Å²) in [5.74, 6) is -0.666. The highest BCUT2D eigenvalue weighted by molar-refractivity contribution is 6.04. The van der Waals surface area contributed by atoms with Crippen molar-refractivity contribution in [1.29, 1.82) is 0 Å². The molecule has 0 atom stereocenters. The maximum absolute atomic E-state index is 12.0. The molecule has 2 rings (SSSR count). The number of nitrogens with zero attached hydrogens (tertiary/aromatic N) is 1. The summed E-state index contributed by atoms with van der Waals surface area (Å²) in [6.45, 7) is 0. The highest BCUT2D eigenvalue weighted by atomic mass is 35.5. The van der Waals surface area contributed by atoms with Gasteiger partial charge in [-0.2, -0.15) is 0 Å². The number of nitrogens with one attached hydrogen (secondary N) is 1. The number of esters is 1. The van der Waals surface area contributed by atoms with Gasteiger partial charge in [0.05, 0.1) is 18.2 Å². The molecule has 0 saturated carbocycles. The summed E-state index contributed by atoms with van der Waals surface area (Å²) in [4.78, 5) is 23.5. The lowest BCUT2D eigenvalue weighted by atomic mass is 10.2. The molecule has 2 aromatic rings. The van der Waals surface area contributed by atoms with Gasteiger partial charge in [-0.05, 0) is 18.2 Å². The van der Waals surface area contributed by atoms with Crippen LogP contribution in [0.25, 0.3) is 0 Å². The van der Waals surface area contributed by atoms with E-state index in [0.29, 0.717) is 16.8 Å². The molecule has 5 nitrogen and oxygen atoms in total. The molecule has 0 spiro atoms. The second-order valence-electron chi connectivity index (χ2n) is 4.28. The summed E-state index contributed by atoms with van der Waals surface area (Å²) < 4.78 is 6.48. The number of hydrogen-bond acceptors (Lipinski definition) is 3. The molecule has 0 radical (unpaired) electrons. The first-order chi connectivity index (χ1) is 9.60. The smallest absolute Gasteiger partial charge is 0.337 e. The number of carbonyl (C=O) groups is 2. The third kappa shape index (κ3) is 4.29. The minimum absolute atomic E-state index is 0. The molecule has 1 heterocycles. The molecule has 0 aliphatic rings. The molecule has 0 saturated heterocycles. The van der Waals surface area contributed by atoms with Gasteiger partial charge >= 0.3 is 5.97 Å². The largest absolute Gasteiger partial charge is 1.00 e. The van der Waals surface area contributed by atoms with E-state index in [4.69, 9.17) is 0 Å². The lowest BCUT2D eigenvalue weighted by molar-refractivity contribution is -0.671. The Morgan fingerprint density at radius 2 is 1.76 bits per heavy atom. The van der Waals surface area contributed by atoms with E-state index in [1.165, 1.54) is 7.11 Å². The number of methoxy groups -OCH3 is 1. The van der Waals surface area contributed by atoms with Crippen molar-refractivity contribution in [2.75, 3.05) is 12.4 Å². The van der Waals surface area contributed by atoms with Gasteiger partial charge < -0.3 is 22.5 Å². The van der Waals surface area contributed by atoms with Gasteiger partial charge in [0.1, 0.15) is 7.05 Å². The molecule has 0 unspecified atom stereocenters. The summed E-state index contributed by atoms with van der Waals surface area (Å²) in [5.41, 5.74) is 1.49. The minimum atomic E-state index is -0.437. The van der Waals surface area contributed by atoms with Gasteiger partial charge in [0.15, 0.2) is 12.4 Å². The number of pyridine rings is 1. The Balaban J connectivity index is 0.00000220. The molecule has 110 valence electrons. The number of halogens is 1. The van der Waals surface area contributed by atoms with Crippen molar-refractivity contribution in [1.82, 2.24) is 0 Å². The van der Waals surface area contributed by atoms with Crippen molar-refractivity contribution in [2.45, 2.75) is 0 Å². The second-order valence-corrected chi connectivity index (χ2v) is 4.28. The summed E-state index contributed by atoms with van der Waals surface area (Å²) in [5, 5.41) is 2.74. The van der Waals surface area contributed by atoms with Crippen molar-refractivity contribution >= 4 is 17.6 Å². The maximum Gasteiger partial charge on any atom is 0.337 e. The Morgan fingerprint density at radius 1 is 1.10 bits per heavy atom. The second kappa shape index (κ2) is 7.40. The molecule has 0 aliphatic carbocycles. The van der Waals surface area contributed by atoms with E-state index in [0.717, 1.165) is 0 Å². The van der Waals surface area contributed by atoms with Gasteiger partial charge in [0.2, 0.25) is 0 Å². The quantitative estimate of drug-likeness (QED) is 0.558. The Morgan fingerprint density at radius 3 is 2.38 bits per heavy atom. The van der Waals surface area contributed by atoms with Crippen LogP contribution in [0.15, 0.2) is 48.8 Å². The van der Waals surface area contributed by atoms with Crippen LogP contribution in [-0.4, -0.2) is 19.0 Å². The Bertz CT molecular complexity index is 642. The third-order valence-electron chi connectivity index (χ3n) is 2.78. The molecular formula is C15H15ClN2O3. The van der Waals surface area contributed by atoms with E-state index in [1.54, 1.807) is 48.8 Å². The SMILES string of the molecule is COC(=O)c1cccc(NC(=O)c2cc[n+](C)cc2)c1.[Cl-]. The highest BCUT2D eigenvalue weighted by Crippen LogP contribution is 2.12. The van der Waals surface area contributed by atoms with Crippen LogP contribution in [0.1, 0.15) is 20.7 Å². The van der Waals surface area contributed by atoms with Crippen molar-refractivity contribution in [3.8, 4) is 0 Å². The molecule has 1 N–H and O–H groups in total. The highest BCUT2D eigenvalue weighted by Gasteiger charge is 2.10. The van der Waals surface area contributed by atoms with Crippen molar-refractivity contribution in [3.05, 3.63) is 59.9 Å². The van der Waals surface area contributed by atoms with Gasteiger partial charge in [-0.25, -0.2) is 9.36 Å². The van der Waals surface area contributed by atoms with E-state index in [-0.39, 0.29) is 18.3 Å². The number of aromatic nitrogens is 1. The number of hydrogen-bond donors (Lipinski definition) is 1. The molecule has 1 aromatic carbocycles. The Hall–Kier alpha value is -2.40. The van der Waals surface area contributed by atoms with Crippen molar-refractivity contribution in [2.24, 2.45) is 7.05 Å². The first-order valence-corrected chi connectivity index (χ1v) is 6.05. The van der Waals surface area contributed by atoms with E-state index in [9.17, 15) is 9.59 Å². The van der Waals surface area contributed by atoms with Crippen LogP contribution in [0.4, 0.5) is 5.69 Å². The van der Waals surface area contributed by atoms with E-state index in [2.05, 4.69) is 10.1 Å². The lowest BCUT2D eigenvalue weighted by Gasteiger charge is -2.06. The molecule has 1 amide bonds. The number of amides is 1. The van der Waals surface area contributed by atoms with Gasteiger partial charge in [-0.1, -0.05) is 6.07 Å². The fourth-order valence-corrected chi connectivity index (χ4v) is 1.70. The average molecular weight is 307 g/mol. The van der Waals surface area contributed by atoms with Crippen molar-refractivity contribution < 1.29 is 31.3 Å². The van der Waals surface area contributed by atoms with Crippen LogP contribution in [0.5, 0.6) is 0 Å². The molecule has 0 fully saturated rings. The van der Waals surface area contributed by atoms with Crippen LogP contribution < -0.4 is 22.3 Å². The average Bonchev–Trinajstić information content (AvgIpc) is 2.47. The van der Waals surface area contributed by atoms with Gasteiger partial charge in [-0.15, -0.1) is 0 Å². The number of carbonyl (C=O) groups excluding carboxylic acids is 2. The number of aryl methyl sites for hydroxylation is 1. The van der Waals surface area contributed by atoms with Crippen LogP contribution in [0, 0.1) is 0 Å². The summed E-state index contributed by atoms with van der Waals surface area (Å²) in [6, 6.07) is 10.1. The Labute approximate surface area is 129 Å². The summed E-state index contributed by atoms with van der Waals surface area (Å²) >= 11 is 0. The molecule has 0 bridgehead atoms. The number of anilines is 1. The number of benzene rings is 1. The standard InChI is InChI=1S/C15H14N2O3.ClH/c1-17-8-6-11(7-9-17)14(18)16-13-5-3-4-12(10-13)15(19)20-2;/h3-10H,1-2H3;1H. The van der Waals surface area contributed by atoms with E-state index >= 15 is 0 Å². The van der Waals surface area contributed by atoms with Crippen LogP contribution in [-0.2, 0) is 11.8 Å². The van der Waals surface area contributed by atoms with Crippen LogP contribution in [0.2, 0.25) is 0 Å². The van der Waals surface area contributed by atoms with Crippen LogP contribution >= 0.6 is 0 Å². The van der Waals surface area contributed by atoms with Crippen LogP contribution in [0.3, 0.4) is 0 Å². The Kier molecular flexibility index (Phi) is 5.87. The van der Waals surface area contributed by atoms with E-state index in [1.807, 2.05) is 11.6 Å². The maximum atomic E-state index is 12.0. The fraction of sp³-hybridized carbons (Fsp3) is 0.133. The van der Waals surface area contributed by atoms with Gasteiger partial charge in [0.25, 0.3) is 5.91 Å². The van der Waals surface area contributed by atoms with Gasteiger partial charge in [-0.3, -0.25) is 4.79 Å². The minimum Gasteiger partial charge on any atom is -1.00 e. The van der Waals surface area contributed by atoms with Crippen molar-refractivity contribution in [3.63, 3.8) is 0 Å². The molecular weight excluding hydrogens is 292 g/mol. The first-order valence-electron chi connectivity index (χ1n) is 6.05. The molecule has 6 heteroatoms. The normalized spacial score (nSPS) is 9.43. The fourth-order valence-electron chi connectivity index (χ4n) is 1.70. The topological polar surface area (TPSA) is 59.3 Å². The number of rotatable bonds is 3. The predicted octanol–water partition coefficient (Wildman–Crippen LogP) is -1.45. The summed E-state index contributed by atoms with van der Waals surface area (Å²) in [7, 11) is 3.19. The van der Waals surface area contributed by atoms with Gasteiger partial charge in [0, 0.05) is 17.8 Å². The lowest BCUT2D eigenvalue weighted by Crippen LogP contribution is -3.00. The first kappa shape index (κ1) is 16.7. The predicted molar refractivity (Wildman–Crippen MR) is 73.4 cm³/mol. The monoisotopic (exact) mass is 306 g/mol. The molecule has 21 heavy (non-hydrogen) atoms. The third-order valence-corrected chi connectivity index (χ3v) is 2.78. The summed E-state index contributed by atoms with van der Waals surface area (Å²) in [6.07, 6.45) is 3.58. The zero-order valence-electron chi connectivity index (χ0n) is 11.7. The zero-order valence-corrected chi connectivity index (χ0v) is 12.4. The molecule has 0 aliphatic heterocycles. The van der Waals surface area contributed by atoms with E-state index < -0.39 is 5.97 Å². The number of ether oxygens (including phenoxy) is 1. The molecule has 1 aromatic heterocycles. The zero-order chi connectivity index (χ0) is 14.5.